The molecule has 1 saturated heterocycles. The molecule has 4 rings (SSSR count). The molecule has 0 aliphatic carbocycles. The van der Waals surface area contributed by atoms with Gasteiger partial charge in [0, 0.05) is 32.3 Å². The summed E-state index contributed by atoms with van der Waals surface area (Å²) in [5.41, 5.74) is 1.84. The first-order valence-electron chi connectivity index (χ1n) is 9.21. The van der Waals surface area contributed by atoms with Crippen molar-refractivity contribution in [3.05, 3.63) is 47.1 Å². The molecule has 146 valence electrons. The maximum atomic E-state index is 11.4. The van der Waals surface area contributed by atoms with E-state index in [1.807, 2.05) is 28.9 Å². The lowest BCUT2D eigenvalue weighted by atomic mass is 10.2. The van der Waals surface area contributed by atoms with Crippen LogP contribution in [0.2, 0.25) is 5.02 Å². The number of hydrogen-bond acceptors (Lipinski definition) is 5. The third-order valence-electron chi connectivity index (χ3n) is 4.95. The van der Waals surface area contributed by atoms with Gasteiger partial charge in [0.1, 0.15) is 5.75 Å². The Hall–Kier alpha value is -2.80. The highest BCUT2D eigenvalue weighted by molar-refractivity contribution is 6.36. The number of amides is 1. The van der Waals surface area contributed by atoms with Gasteiger partial charge in [-0.25, -0.2) is 9.67 Å². The zero-order valence-corrected chi connectivity index (χ0v) is 16.6. The van der Waals surface area contributed by atoms with Crippen molar-refractivity contribution in [3.8, 4) is 5.75 Å². The Labute approximate surface area is 168 Å². The molecule has 1 fully saturated rings. The number of nitrogens with one attached hydrogen (secondary N) is 1. The molecule has 0 radical (unpaired) electrons. The lowest BCUT2D eigenvalue weighted by Crippen LogP contribution is -2.35. The normalized spacial score (nSPS) is 16.5. The van der Waals surface area contributed by atoms with Crippen LogP contribution >= 0.6 is 11.6 Å². The zero-order valence-electron chi connectivity index (χ0n) is 15.9. The number of hydrogen-bond donors (Lipinski definition) is 1. The van der Waals surface area contributed by atoms with Gasteiger partial charge in [-0.05, 0) is 30.2 Å². The van der Waals surface area contributed by atoms with Crippen LogP contribution in [-0.4, -0.2) is 46.9 Å². The minimum Gasteiger partial charge on any atom is -0.497 e. The van der Waals surface area contributed by atoms with Gasteiger partial charge in [-0.2, -0.15) is 5.10 Å². The fourth-order valence-corrected chi connectivity index (χ4v) is 3.86. The van der Waals surface area contributed by atoms with E-state index in [0.717, 1.165) is 41.1 Å². The Morgan fingerprint density at radius 1 is 1.32 bits per heavy atom. The van der Waals surface area contributed by atoms with Gasteiger partial charge in [-0.15, -0.1) is 0 Å². The van der Waals surface area contributed by atoms with Gasteiger partial charge in [0.15, 0.2) is 11.5 Å². The predicted molar refractivity (Wildman–Crippen MR) is 109 cm³/mol. The molecule has 0 spiro atoms. The van der Waals surface area contributed by atoms with Gasteiger partial charge in [0.2, 0.25) is 5.91 Å². The van der Waals surface area contributed by atoms with E-state index >= 15 is 0 Å². The minimum absolute atomic E-state index is 0.0126. The number of ether oxygens (including phenoxy) is 1. The van der Waals surface area contributed by atoms with E-state index in [9.17, 15) is 4.79 Å². The Bertz CT molecular complexity index is 1000. The number of anilines is 1. The second-order valence-electron chi connectivity index (χ2n) is 6.95. The highest BCUT2D eigenvalue weighted by atomic mass is 35.5. The van der Waals surface area contributed by atoms with Gasteiger partial charge in [0.05, 0.1) is 24.1 Å². The van der Waals surface area contributed by atoms with Crippen molar-refractivity contribution in [3.63, 3.8) is 0 Å². The van der Waals surface area contributed by atoms with E-state index in [0.29, 0.717) is 18.1 Å². The first-order chi connectivity index (χ1) is 13.5. The first kappa shape index (κ1) is 18.6. The van der Waals surface area contributed by atoms with Crippen molar-refractivity contribution in [1.82, 2.24) is 20.1 Å². The molecule has 28 heavy (non-hydrogen) atoms. The average Bonchev–Trinajstić information content (AvgIpc) is 3.27. The number of carbonyl (C=O) groups excluding carboxylic acids is 1. The molecule has 1 aliphatic heterocycles. The number of fused-ring (bicyclic) bond motifs is 1. The van der Waals surface area contributed by atoms with Crippen LogP contribution < -0.4 is 15.0 Å². The lowest BCUT2D eigenvalue weighted by Gasteiger charge is -2.16. The van der Waals surface area contributed by atoms with Crippen LogP contribution in [-0.2, 0) is 11.3 Å². The summed E-state index contributed by atoms with van der Waals surface area (Å²) >= 11 is 6.51. The third-order valence-corrected chi connectivity index (χ3v) is 5.27. The summed E-state index contributed by atoms with van der Waals surface area (Å²) in [5.74, 6) is 1.62. The molecule has 8 heteroatoms. The molecule has 1 atom stereocenters. The smallest absolute Gasteiger partial charge is 0.217 e. The van der Waals surface area contributed by atoms with E-state index in [4.69, 9.17) is 21.4 Å². The molecule has 3 heterocycles. The molecule has 1 unspecified atom stereocenters. The van der Waals surface area contributed by atoms with Crippen LogP contribution in [0.15, 0.2) is 36.5 Å². The van der Waals surface area contributed by atoms with Crippen LogP contribution in [0.1, 0.15) is 18.9 Å². The molecule has 0 saturated carbocycles. The SMILES string of the molecule is COc1ccc(Cn2nc(N3CCC(NC(C)=O)C3)c3c(Cl)ccnc32)cc1. The Morgan fingerprint density at radius 3 is 2.82 bits per heavy atom. The molecule has 3 aromatic rings. The van der Waals surface area contributed by atoms with E-state index in [2.05, 4.69) is 15.2 Å². The number of carbonyl (C=O) groups is 1. The van der Waals surface area contributed by atoms with E-state index in [1.54, 1.807) is 26.3 Å². The number of rotatable bonds is 5. The van der Waals surface area contributed by atoms with Crippen LogP contribution in [0.3, 0.4) is 0 Å². The van der Waals surface area contributed by atoms with Crippen molar-refractivity contribution >= 4 is 34.4 Å². The topological polar surface area (TPSA) is 72.3 Å². The quantitative estimate of drug-likeness (QED) is 0.714. The Morgan fingerprint density at radius 2 is 2.11 bits per heavy atom. The largest absolute Gasteiger partial charge is 0.497 e. The van der Waals surface area contributed by atoms with E-state index < -0.39 is 0 Å². The van der Waals surface area contributed by atoms with Crippen LogP contribution in [0.4, 0.5) is 5.82 Å². The van der Waals surface area contributed by atoms with Crippen molar-refractivity contribution in [1.29, 1.82) is 0 Å². The maximum Gasteiger partial charge on any atom is 0.217 e. The van der Waals surface area contributed by atoms with Crippen LogP contribution in [0.5, 0.6) is 5.75 Å². The fraction of sp³-hybridized carbons (Fsp3) is 0.350. The van der Waals surface area contributed by atoms with Crippen LogP contribution in [0, 0.1) is 0 Å². The number of aromatic nitrogens is 3. The second-order valence-corrected chi connectivity index (χ2v) is 7.36. The standard InChI is InChI=1S/C20H22ClN5O2/c1-13(27)23-15-8-10-25(12-15)20-18-17(21)7-9-22-19(18)26(24-20)11-14-3-5-16(28-2)6-4-14/h3-7,9,15H,8,10-12H2,1-2H3,(H,23,27). The molecule has 1 amide bonds. The lowest BCUT2D eigenvalue weighted by molar-refractivity contribution is -0.119. The first-order valence-corrected chi connectivity index (χ1v) is 9.59. The number of nitrogens with zero attached hydrogens (tertiary/aromatic N) is 4. The van der Waals surface area contributed by atoms with Crippen molar-refractivity contribution in [2.75, 3.05) is 25.1 Å². The fourth-order valence-electron chi connectivity index (χ4n) is 3.64. The summed E-state index contributed by atoms with van der Waals surface area (Å²) in [6.07, 6.45) is 2.58. The summed E-state index contributed by atoms with van der Waals surface area (Å²) in [5, 5.41) is 9.30. The number of methoxy groups -OCH3 is 1. The van der Waals surface area contributed by atoms with Gasteiger partial charge in [-0.1, -0.05) is 23.7 Å². The van der Waals surface area contributed by atoms with Crippen molar-refractivity contribution < 1.29 is 9.53 Å². The van der Waals surface area contributed by atoms with E-state index in [-0.39, 0.29) is 11.9 Å². The average molecular weight is 400 g/mol. The number of pyridine rings is 1. The number of halogens is 1. The van der Waals surface area contributed by atoms with Crippen molar-refractivity contribution in [2.24, 2.45) is 0 Å². The van der Waals surface area contributed by atoms with Crippen molar-refractivity contribution in [2.45, 2.75) is 25.9 Å². The summed E-state index contributed by atoms with van der Waals surface area (Å²) in [4.78, 5) is 18.1. The predicted octanol–water partition coefficient (Wildman–Crippen LogP) is 2.86. The van der Waals surface area contributed by atoms with Gasteiger partial charge < -0.3 is 15.0 Å². The zero-order chi connectivity index (χ0) is 19.7. The Kier molecular flexibility index (Phi) is 5.09. The van der Waals surface area contributed by atoms with Gasteiger partial charge in [0.25, 0.3) is 0 Å². The van der Waals surface area contributed by atoms with E-state index in [1.165, 1.54) is 0 Å². The Balaban J connectivity index is 1.67. The van der Waals surface area contributed by atoms with Gasteiger partial charge >= 0.3 is 0 Å². The minimum atomic E-state index is -0.0126. The molecule has 1 aliphatic rings. The molecule has 1 aromatic carbocycles. The van der Waals surface area contributed by atoms with Crippen LogP contribution in [0.25, 0.3) is 11.0 Å². The molecule has 2 aromatic heterocycles. The second kappa shape index (κ2) is 7.67. The maximum absolute atomic E-state index is 11.4. The molecule has 0 bridgehead atoms. The summed E-state index contributed by atoms with van der Waals surface area (Å²) in [7, 11) is 1.65. The molecular formula is C20H22ClN5O2. The molecule has 1 N–H and O–H groups in total. The summed E-state index contributed by atoms with van der Waals surface area (Å²) in [6.45, 7) is 3.64. The van der Waals surface area contributed by atoms with Gasteiger partial charge in [-0.3, -0.25) is 4.79 Å². The monoisotopic (exact) mass is 399 g/mol. The highest BCUT2D eigenvalue weighted by Crippen LogP contribution is 2.33. The highest BCUT2D eigenvalue weighted by Gasteiger charge is 2.28. The molecular weight excluding hydrogens is 378 g/mol. The number of benzene rings is 1. The summed E-state index contributed by atoms with van der Waals surface area (Å²) < 4.78 is 7.10. The third kappa shape index (κ3) is 3.62. The summed E-state index contributed by atoms with van der Waals surface area (Å²) in [6, 6.07) is 9.80. The molecule has 7 nitrogen and oxygen atoms in total.